The number of hydrogen-bond acceptors (Lipinski definition) is 5. The zero-order valence-electron chi connectivity index (χ0n) is 18.4. The lowest BCUT2D eigenvalue weighted by atomic mass is 10.0. The van der Waals surface area contributed by atoms with Gasteiger partial charge in [-0.2, -0.15) is 13.2 Å². The molecule has 184 valence electrons. The zero-order chi connectivity index (χ0) is 25.0. The van der Waals surface area contributed by atoms with E-state index in [9.17, 15) is 27.2 Å². The lowest BCUT2D eigenvalue weighted by Crippen LogP contribution is -2.51. The second-order valence-electron chi connectivity index (χ2n) is 8.07. The number of alkyl halides is 3. The van der Waals surface area contributed by atoms with E-state index >= 15 is 0 Å². The van der Waals surface area contributed by atoms with Crippen molar-refractivity contribution in [1.82, 2.24) is 15.2 Å². The number of nitrogens with one attached hydrogen (secondary N) is 2. The van der Waals surface area contributed by atoms with Gasteiger partial charge in [0.05, 0.1) is 11.3 Å². The number of rotatable bonds is 6. The molecule has 1 atom stereocenters. The highest BCUT2D eigenvalue weighted by molar-refractivity contribution is 7.14. The fraction of sp³-hybridized carbons (Fsp3) is 0.292. The number of carbonyl (C=O) groups is 2. The number of halogens is 4. The molecule has 0 aliphatic carbocycles. The lowest BCUT2D eigenvalue weighted by molar-refractivity contribution is -0.137. The van der Waals surface area contributed by atoms with Crippen molar-refractivity contribution in [3.8, 4) is 0 Å². The molecule has 0 spiro atoms. The van der Waals surface area contributed by atoms with Crippen LogP contribution in [0.5, 0.6) is 0 Å². The summed E-state index contributed by atoms with van der Waals surface area (Å²) < 4.78 is 52.7. The van der Waals surface area contributed by atoms with Crippen LogP contribution in [0.2, 0.25) is 0 Å². The molecule has 1 aromatic heterocycles. The van der Waals surface area contributed by atoms with Gasteiger partial charge in [-0.05, 0) is 49.1 Å². The normalized spacial score (nSPS) is 16.1. The van der Waals surface area contributed by atoms with Crippen molar-refractivity contribution in [2.24, 2.45) is 0 Å². The van der Waals surface area contributed by atoms with Gasteiger partial charge >= 0.3 is 6.18 Å². The van der Waals surface area contributed by atoms with Crippen molar-refractivity contribution < 1.29 is 27.2 Å². The van der Waals surface area contributed by atoms with Crippen molar-refractivity contribution >= 4 is 34.0 Å². The number of anilines is 2. The number of likely N-dealkylation sites (tertiary alicyclic amines) is 1. The van der Waals surface area contributed by atoms with E-state index in [2.05, 4.69) is 15.6 Å². The Kier molecular flexibility index (Phi) is 7.34. The first-order valence-corrected chi connectivity index (χ1v) is 11.8. The Bertz CT molecular complexity index is 1210. The summed E-state index contributed by atoms with van der Waals surface area (Å²) in [5.41, 5.74) is -0.121. The van der Waals surface area contributed by atoms with Gasteiger partial charge in [0.2, 0.25) is 5.91 Å². The maximum atomic E-state index is 13.9. The van der Waals surface area contributed by atoms with Crippen molar-refractivity contribution in [3.63, 3.8) is 0 Å². The van der Waals surface area contributed by atoms with E-state index in [1.54, 1.807) is 18.2 Å². The van der Waals surface area contributed by atoms with E-state index in [0.717, 1.165) is 29.9 Å². The highest BCUT2D eigenvalue weighted by atomic mass is 32.1. The van der Waals surface area contributed by atoms with Gasteiger partial charge in [-0.3, -0.25) is 9.59 Å². The molecule has 3 aromatic rings. The molecule has 1 saturated heterocycles. The Morgan fingerprint density at radius 1 is 1.11 bits per heavy atom. The number of carbonyl (C=O) groups excluding carboxylic acids is 2. The summed E-state index contributed by atoms with van der Waals surface area (Å²) in [5.74, 6) is -1.32. The average molecular weight is 507 g/mol. The van der Waals surface area contributed by atoms with Crippen molar-refractivity contribution in [2.75, 3.05) is 11.9 Å². The highest BCUT2D eigenvalue weighted by Gasteiger charge is 2.34. The molecule has 35 heavy (non-hydrogen) atoms. The summed E-state index contributed by atoms with van der Waals surface area (Å²) in [5, 5.41) is 7.37. The molecule has 1 fully saturated rings. The minimum Gasteiger partial charge on any atom is -0.350 e. The predicted molar refractivity (Wildman–Crippen MR) is 124 cm³/mol. The Morgan fingerprint density at radius 3 is 2.69 bits per heavy atom. The number of hydrogen-bond donors (Lipinski definition) is 2. The Balaban J connectivity index is 1.42. The third kappa shape index (κ3) is 5.97. The minimum atomic E-state index is -4.47. The molecule has 1 aliphatic heterocycles. The van der Waals surface area contributed by atoms with Crippen molar-refractivity contribution in [1.29, 1.82) is 0 Å². The fourth-order valence-corrected chi connectivity index (χ4v) is 4.56. The molecule has 6 nitrogen and oxygen atoms in total. The van der Waals surface area contributed by atoms with Gasteiger partial charge in [0, 0.05) is 18.5 Å². The quantitative estimate of drug-likeness (QED) is 0.442. The zero-order valence-corrected chi connectivity index (χ0v) is 19.3. The van der Waals surface area contributed by atoms with Gasteiger partial charge in [-0.15, -0.1) is 11.3 Å². The molecule has 0 unspecified atom stereocenters. The maximum absolute atomic E-state index is 13.9. The minimum absolute atomic E-state index is 0.0886. The number of benzene rings is 2. The fourth-order valence-electron chi connectivity index (χ4n) is 3.87. The van der Waals surface area contributed by atoms with Gasteiger partial charge in [-0.1, -0.05) is 24.3 Å². The van der Waals surface area contributed by atoms with Crippen LogP contribution in [-0.2, 0) is 17.5 Å². The first-order chi connectivity index (χ1) is 16.7. The molecular formula is C24H22F4N4O2S. The van der Waals surface area contributed by atoms with Gasteiger partial charge in [-0.25, -0.2) is 9.37 Å². The molecule has 0 bridgehead atoms. The lowest BCUT2D eigenvalue weighted by Gasteiger charge is -2.34. The molecule has 11 heteroatoms. The number of thiazole rings is 1. The Labute approximate surface area is 203 Å². The highest BCUT2D eigenvalue weighted by Crippen LogP contribution is 2.30. The first kappa shape index (κ1) is 24.6. The largest absolute Gasteiger partial charge is 0.416 e. The molecule has 2 N–H and O–H groups in total. The molecule has 0 saturated carbocycles. The van der Waals surface area contributed by atoms with Crippen LogP contribution in [-0.4, -0.2) is 34.3 Å². The van der Waals surface area contributed by atoms with Gasteiger partial charge in [0.1, 0.15) is 17.6 Å². The molecule has 2 heterocycles. The van der Waals surface area contributed by atoms with Crippen LogP contribution in [0.3, 0.4) is 0 Å². The topological polar surface area (TPSA) is 74.3 Å². The Hall–Kier alpha value is -3.47. The van der Waals surface area contributed by atoms with E-state index in [-0.39, 0.29) is 17.9 Å². The third-order valence-corrected chi connectivity index (χ3v) is 6.38. The summed E-state index contributed by atoms with van der Waals surface area (Å²) in [7, 11) is 0. The first-order valence-electron chi connectivity index (χ1n) is 10.9. The average Bonchev–Trinajstić information content (AvgIpc) is 3.32. The van der Waals surface area contributed by atoms with Crippen molar-refractivity contribution in [3.05, 3.63) is 76.5 Å². The van der Waals surface area contributed by atoms with Crippen LogP contribution >= 0.6 is 11.3 Å². The van der Waals surface area contributed by atoms with Gasteiger partial charge in [0.25, 0.3) is 5.91 Å². The van der Waals surface area contributed by atoms with Crippen LogP contribution in [0.25, 0.3) is 0 Å². The van der Waals surface area contributed by atoms with Gasteiger partial charge in [0.15, 0.2) is 5.13 Å². The smallest absolute Gasteiger partial charge is 0.350 e. The third-order valence-electron chi connectivity index (χ3n) is 5.63. The summed E-state index contributed by atoms with van der Waals surface area (Å²) >= 11 is 1.14. The SMILES string of the molecule is O=C(NCc1cccc(C(F)(F)F)c1)[C@@H]1CCCCN1C(=O)c1csc(Nc2ccccc2F)n1. The van der Waals surface area contributed by atoms with E-state index in [1.165, 1.54) is 28.5 Å². The number of aromatic nitrogens is 1. The molecule has 1 aliphatic rings. The number of nitrogens with zero attached hydrogens (tertiary/aromatic N) is 2. The molecule has 2 aromatic carbocycles. The standard InChI is InChI=1S/C24H22F4N4O2S/c25-17-8-1-2-9-18(17)30-23-31-19(14-35-23)22(34)32-11-4-3-10-20(32)21(33)29-13-15-6-5-7-16(12-15)24(26,27)28/h1-2,5-9,12,14,20H,3-4,10-11,13H2,(H,29,33)(H,30,31)/t20-/m0/s1. The van der Waals surface area contributed by atoms with Crippen LogP contribution in [0.15, 0.2) is 53.9 Å². The maximum Gasteiger partial charge on any atom is 0.416 e. The van der Waals surface area contributed by atoms with E-state index < -0.39 is 35.4 Å². The number of amides is 2. The van der Waals surface area contributed by atoms with Crippen LogP contribution in [0.1, 0.15) is 40.9 Å². The number of para-hydroxylation sites is 1. The predicted octanol–water partition coefficient (Wildman–Crippen LogP) is 5.36. The second-order valence-corrected chi connectivity index (χ2v) is 8.93. The second kappa shape index (κ2) is 10.4. The van der Waals surface area contributed by atoms with E-state index in [0.29, 0.717) is 30.1 Å². The summed E-state index contributed by atoms with van der Waals surface area (Å²) in [6.07, 6.45) is -2.58. The monoisotopic (exact) mass is 506 g/mol. The van der Waals surface area contributed by atoms with Crippen LogP contribution < -0.4 is 10.6 Å². The Morgan fingerprint density at radius 2 is 1.91 bits per heavy atom. The van der Waals surface area contributed by atoms with Gasteiger partial charge < -0.3 is 15.5 Å². The van der Waals surface area contributed by atoms with E-state index in [4.69, 9.17) is 0 Å². The molecular weight excluding hydrogens is 484 g/mol. The summed E-state index contributed by atoms with van der Waals surface area (Å²) in [6.45, 7) is 0.267. The number of piperidine rings is 1. The molecule has 4 rings (SSSR count). The van der Waals surface area contributed by atoms with Crippen molar-refractivity contribution in [2.45, 2.75) is 38.0 Å². The summed E-state index contributed by atoms with van der Waals surface area (Å²) in [4.78, 5) is 31.7. The summed E-state index contributed by atoms with van der Waals surface area (Å²) in [6, 6.07) is 10.1. The van der Waals surface area contributed by atoms with Crippen LogP contribution in [0.4, 0.5) is 28.4 Å². The van der Waals surface area contributed by atoms with Crippen LogP contribution in [0, 0.1) is 5.82 Å². The molecule has 2 amide bonds. The van der Waals surface area contributed by atoms with E-state index in [1.807, 2.05) is 0 Å². The molecule has 0 radical (unpaired) electrons.